The molecule has 8 nitrogen and oxygen atoms in total. The van der Waals surface area contributed by atoms with Crippen LogP contribution in [0.4, 0.5) is 0 Å². The van der Waals surface area contributed by atoms with Crippen LogP contribution in [0.1, 0.15) is 46.0 Å². The third kappa shape index (κ3) is 8.23. The first-order chi connectivity index (χ1) is 7.99. The molecule has 0 aliphatic heterocycles. The molecule has 0 rings (SSSR count). The minimum atomic E-state index is -0.807. The predicted octanol–water partition coefficient (Wildman–Crippen LogP) is 2.13. The zero-order valence-electron chi connectivity index (χ0n) is 10.0. The van der Waals surface area contributed by atoms with Gasteiger partial charge in [-0.2, -0.15) is 0 Å². The second-order valence-corrected chi connectivity index (χ2v) is 3.65. The highest BCUT2D eigenvalue weighted by Crippen LogP contribution is 2.13. The second kappa shape index (κ2) is 8.54. The van der Waals surface area contributed by atoms with E-state index in [4.69, 9.17) is 0 Å². The zero-order valence-corrected chi connectivity index (χ0v) is 10.0. The first-order valence-corrected chi connectivity index (χ1v) is 5.61. The van der Waals surface area contributed by atoms with Crippen LogP contribution < -0.4 is 0 Å². The van der Waals surface area contributed by atoms with Gasteiger partial charge in [0, 0.05) is 0 Å². The Hall–Kier alpha value is -1.60. The summed E-state index contributed by atoms with van der Waals surface area (Å²) in [6, 6.07) is 0. The maximum atomic E-state index is 10.1. The first kappa shape index (κ1) is 15.4. The molecule has 0 aromatic rings. The summed E-state index contributed by atoms with van der Waals surface area (Å²) in [6.45, 7) is 3.58. The van der Waals surface area contributed by atoms with Gasteiger partial charge in [0.05, 0.1) is 0 Å². The van der Waals surface area contributed by atoms with Crippen molar-refractivity contribution >= 4 is 0 Å². The van der Waals surface area contributed by atoms with Crippen molar-refractivity contribution in [2.45, 2.75) is 58.2 Å². The van der Waals surface area contributed by atoms with Crippen LogP contribution in [0.2, 0.25) is 0 Å². The Kier molecular flexibility index (Phi) is 7.74. The third-order valence-electron chi connectivity index (χ3n) is 2.43. The van der Waals surface area contributed by atoms with Gasteiger partial charge in [-0.3, -0.25) is 0 Å². The molecule has 2 unspecified atom stereocenters. The topological polar surface area (TPSA) is 105 Å². The average Bonchev–Trinajstić information content (AvgIpc) is 2.25. The summed E-state index contributed by atoms with van der Waals surface area (Å²) < 4.78 is 0. The zero-order chi connectivity index (χ0) is 13.3. The Morgan fingerprint density at radius 1 is 0.941 bits per heavy atom. The largest absolute Gasteiger partial charge is 0.311 e. The fourth-order valence-corrected chi connectivity index (χ4v) is 1.48. The molecule has 0 aromatic heterocycles. The van der Waals surface area contributed by atoms with Crippen LogP contribution in [0.3, 0.4) is 0 Å². The summed E-state index contributed by atoms with van der Waals surface area (Å²) in [6.07, 6.45) is 1.76. The summed E-state index contributed by atoms with van der Waals surface area (Å²) in [4.78, 5) is 29.2. The minimum absolute atomic E-state index is 0.446. The summed E-state index contributed by atoms with van der Waals surface area (Å²) in [5.41, 5.74) is 0. The van der Waals surface area contributed by atoms with E-state index < -0.39 is 22.4 Å². The van der Waals surface area contributed by atoms with Crippen molar-refractivity contribution in [3.8, 4) is 0 Å². The highest BCUT2D eigenvalue weighted by atomic mass is 17.0. The van der Waals surface area contributed by atoms with Gasteiger partial charge in [0.2, 0.25) is 0 Å². The summed E-state index contributed by atoms with van der Waals surface area (Å²) >= 11 is 0. The van der Waals surface area contributed by atoms with Crippen molar-refractivity contribution in [1.29, 1.82) is 0 Å². The molecule has 0 N–H and O–H groups in total. The second-order valence-electron chi connectivity index (χ2n) is 3.65. The fraction of sp³-hybridized carbons (Fsp3) is 1.00. The molecular weight excluding hydrogens is 232 g/mol. The fourth-order valence-electron chi connectivity index (χ4n) is 1.48. The first-order valence-electron chi connectivity index (χ1n) is 5.61. The lowest BCUT2D eigenvalue weighted by Gasteiger charge is -2.15. The molecule has 0 saturated carbocycles. The van der Waals surface area contributed by atoms with Gasteiger partial charge in [-0.1, -0.05) is 13.8 Å². The predicted molar refractivity (Wildman–Crippen MR) is 58.2 cm³/mol. The Morgan fingerprint density at radius 3 is 1.53 bits per heavy atom. The Morgan fingerprint density at radius 2 is 1.29 bits per heavy atom. The van der Waals surface area contributed by atoms with Gasteiger partial charge in [0.15, 0.2) is 0 Å². The Balaban J connectivity index is 3.84. The van der Waals surface area contributed by atoms with Gasteiger partial charge >= 0.3 is 0 Å². The SMILES string of the molecule is CCC(CCCC(CC)O[N+](=O)[O-])O[N+](=O)[O-]. The van der Waals surface area contributed by atoms with E-state index in [1.165, 1.54) is 0 Å². The maximum absolute atomic E-state index is 10.1. The van der Waals surface area contributed by atoms with E-state index in [0.29, 0.717) is 32.1 Å². The number of hydrogen-bond acceptors (Lipinski definition) is 6. The van der Waals surface area contributed by atoms with Gasteiger partial charge in [0.1, 0.15) is 12.2 Å². The van der Waals surface area contributed by atoms with E-state index in [9.17, 15) is 20.2 Å². The van der Waals surface area contributed by atoms with Crippen LogP contribution in [0, 0.1) is 20.2 Å². The monoisotopic (exact) mass is 250 g/mol. The summed E-state index contributed by atoms with van der Waals surface area (Å²) in [5.74, 6) is 0. The number of nitrogens with zero attached hydrogens (tertiary/aromatic N) is 2. The Bertz CT molecular complexity index is 224. The highest BCUT2D eigenvalue weighted by Gasteiger charge is 2.14. The number of rotatable bonds is 10. The van der Waals surface area contributed by atoms with Gasteiger partial charge in [-0.25, -0.2) is 0 Å². The Labute approximate surface area is 99.1 Å². The van der Waals surface area contributed by atoms with E-state index in [0.717, 1.165) is 0 Å². The molecular formula is C9H18N2O6. The molecule has 8 heteroatoms. The van der Waals surface area contributed by atoms with E-state index >= 15 is 0 Å². The molecule has 0 aliphatic rings. The van der Waals surface area contributed by atoms with Crippen LogP contribution in [0.5, 0.6) is 0 Å². The summed E-state index contributed by atoms with van der Waals surface area (Å²) in [7, 11) is 0. The van der Waals surface area contributed by atoms with Crippen molar-refractivity contribution in [2.24, 2.45) is 0 Å². The molecule has 100 valence electrons. The van der Waals surface area contributed by atoms with Crippen LogP contribution >= 0.6 is 0 Å². The molecule has 17 heavy (non-hydrogen) atoms. The van der Waals surface area contributed by atoms with Crippen molar-refractivity contribution in [1.82, 2.24) is 0 Å². The third-order valence-corrected chi connectivity index (χ3v) is 2.43. The molecule has 0 heterocycles. The lowest BCUT2D eigenvalue weighted by Crippen LogP contribution is -2.19. The summed E-state index contributed by atoms with van der Waals surface area (Å²) in [5, 5.41) is 18.7. The normalized spacial score (nSPS) is 13.8. The number of hydrogen-bond donors (Lipinski definition) is 0. The van der Waals surface area contributed by atoms with Crippen molar-refractivity contribution in [3.05, 3.63) is 20.2 Å². The van der Waals surface area contributed by atoms with Crippen LogP contribution in [0.15, 0.2) is 0 Å². The smallest absolute Gasteiger partial charge is 0.294 e. The van der Waals surface area contributed by atoms with Crippen LogP contribution in [-0.4, -0.2) is 22.4 Å². The van der Waals surface area contributed by atoms with Crippen molar-refractivity contribution < 1.29 is 19.8 Å². The molecule has 2 atom stereocenters. The van der Waals surface area contributed by atoms with E-state index in [-0.39, 0.29) is 0 Å². The van der Waals surface area contributed by atoms with Gasteiger partial charge < -0.3 is 9.68 Å². The van der Waals surface area contributed by atoms with Crippen LogP contribution in [0.25, 0.3) is 0 Å². The molecule has 0 radical (unpaired) electrons. The van der Waals surface area contributed by atoms with Crippen molar-refractivity contribution in [2.75, 3.05) is 0 Å². The molecule has 0 amide bonds. The lowest BCUT2D eigenvalue weighted by molar-refractivity contribution is -0.770. The maximum Gasteiger partial charge on any atom is 0.294 e. The van der Waals surface area contributed by atoms with Gasteiger partial charge in [0.25, 0.3) is 10.2 Å². The molecule has 0 bridgehead atoms. The van der Waals surface area contributed by atoms with Crippen molar-refractivity contribution in [3.63, 3.8) is 0 Å². The molecule has 0 fully saturated rings. The van der Waals surface area contributed by atoms with Crippen LogP contribution in [-0.2, 0) is 9.68 Å². The quantitative estimate of drug-likeness (QED) is 0.434. The molecule has 0 aromatic carbocycles. The highest BCUT2D eigenvalue weighted by molar-refractivity contribution is 4.58. The average molecular weight is 250 g/mol. The van der Waals surface area contributed by atoms with E-state index in [2.05, 4.69) is 9.68 Å². The lowest BCUT2D eigenvalue weighted by atomic mass is 10.1. The minimum Gasteiger partial charge on any atom is -0.311 e. The van der Waals surface area contributed by atoms with Gasteiger partial charge in [-0.15, -0.1) is 20.2 Å². The molecule has 0 saturated heterocycles. The standard InChI is InChI=1S/C9H18N2O6/c1-3-8(16-10(12)13)6-5-7-9(4-2)17-11(14)15/h8-9H,3-7H2,1-2H3. The molecule has 0 aliphatic carbocycles. The van der Waals surface area contributed by atoms with E-state index in [1.807, 2.05) is 0 Å². The van der Waals surface area contributed by atoms with E-state index in [1.54, 1.807) is 13.8 Å². The van der Waals surface area contributed by atoms with Gasteiger partial charge in [-0.05, 0) is 32.1 Å². The molecule has 0 spiro atoms.